The summed E-state index contributed by atoms with van der Waals surface area (Å²) in [7, 11) is -3.08. The largest absolute Gasteiger partial charge is 0.309 e. The van der Waals surface area contributed by atoms with E-state index < -0.39 is 10.0 Å². The van der Waals surface area contributed by atoms with E-state index in [9.17, 15) is 8.42 Å². The number of sulfonamides is 1. The highest BCUT2D eigenvalue weighted by Crippen LogP contribution is 2.27. The van der Waals surface area contributed by atoms with Crippen molar-refractivity contribution in [3.63, 3.8) is 0 Å². The third-order valence-corrected chi connectivity index (χ3v) is 5.49. The van der Waals surface area contributed by atoms with Crippen molar-refractivity contribution >= 4 is 10.0 Å². The van der Waals surface area contributed by atoms with Crippen molar-refractivity contribution in [1.29, 1.82) is 0 Å². The maximum absolute atomic E-state index is 11.7. The quantitative estimate of drug-likeness (QED) is 0.743. The van der Waals surface area contributed by atoms with Crippen molar-refractivity contribution < 1.29 is 8.42 Å². The fraction of sp³-hybridized carbons (Fsp3) is 0.769. The number of hydrogen-bond acceptors (Lipinski definition) is 4. The van der Waals surface area contributed by atoms with Gasteiger partial charge < -0.3 is 5.32 Å². The second-order valence-corrected chi connectivity index (χ2v) is 7.52. The SMILES string of the molecule is CCn1cc(CNC(C)CNS(=O)(=O)C2CC2)c(C)n1. The van der Waals surface area contributed by atoms with Crippen LogP contribution in [-0.4, -0.2) is 36.0 Å². The predicted octanol–water partition coefficient (Wildman–Crippen LogP) is 0.771. The topological polar surface area (TPSA) is 76.0 Å². The molecule has 1 atom stereocenters. The van der Waals surface area contributed by atoms with E-state index in [0.717, 1.165) is 30.6 Å². The molecule has 0 aromatic carbocycles. The average molecular weight is 300 g/mol. The molecular formula is C13H24N4O2S. The molecule has 114 valence electrons. The zero-order valence-electron chi connectivity index (χ0n) is 12.4. The van der Waals surface area contributed by atoms with E-state index in [2.05, 4.69) is 22.1 Å². The van der Waals surface area contributed by atoms with E-state index in [1.807, 2.05) is 24.7 Å². The monoisotopic (exact) mass is 300 g/mol. The Morgan fingerprint density at radius 3 is 2.75 bits per heavy atom. The van der Waals surface area contributed by atoms with Gasteiger partial charge in [-0.25, -0.2) is 13.1 Å². The normalized spacial score (nSPS) is 17.4. The molecule has 1 aromatic heterocycles. The van der Waals surface area contributed by atoms with Gasteiger partial charge in [-0.05, 0) is 33.6 Å². The van der Waals surface area contributed by atoms with Crippen LogP contribution in [-0.2, 0) is 23.1 Å². The Labute approximate surface area is 121 Å². The van der Waals surface area contributed by atoms with Crippen LogP contribution in [0, 0.1) is 6.92 Å². The van der Waals surface area contributed by atoms with E-state index >= 15 is 0 Å². The zero-order valence-corrected chi connectivity index (χ0v) is 13.2. The summed E-state index contributed by atoms with van der Waals surface area (Å²) in [5.74, 6) is 0. The van der Waals surface area contributed by atoms with Crippen molar-refractivity contribution in [3.8, 4) is 0 Å². The number of rotatable bonds is 8. The molecule has 0 spiro atoms. The number of nitrogens with zero attached hydrogens (tertiary/aromatic N) is 2. The smallest absolute Gasteiger partial charge is 0.214 e. The molecule has 2 rings (SSSR count). The maximum atomic E-state index is 11.7. The van der Waals surface area contributed by atoms with E-state index in [0.29, 0.717) is 13.1 Å². The predicted molar refractivity (Wildman–Crippen MR) is 78.9 cm³/mol. The van der Waals surface area contributed by atoms with Crippen LogP contribution in [0.3, 0.4) is 0 Å². The van der Waals surface area contributed by atoms with Crippen LogP contribution in [0.1, 0.15) is 37.9 Å². The van der Waals surface area contributed by atoms with Gasteiger partial charge in [-0.2, -0.15) is 5.10 Å². The van der Waals surface area contributed by atoms with Crippen LogP contribution >= 0.6 is 0 Å². The van der Waals surface area contributed by atoms with Gasteiger partial charge in [0, 0.05) is 37.4 Å². The Bertz CT molecular complexity index is 549. The van der Waals surface area contributed by atoms with Crippen molar-refractivity contribution in [3.05, 3.63) is 17.5 Å². The molecule has 0 amide bonds. The highest BCUT2D eigenvalue weighted by molar-refractivity contribution is 7.90. The number of nitrogens with one attached hydrogen (secondary N) is 2. The van der Waals surface area contributed by atoms with Gasteiger partial charge >= 0.3 is 0 Å². The summed E-state index contributed by atoms with van der Waals surface area (Å²) in [5, 5.41) is 7.56. The number of aromatic nitrogens is 2. The average Bonchev–Trinajstić information content (AvgIpc) is 3.20. The molecule has 1 fully saturated rings. The molecule has 1 aliphatic rings. The lowest BCUT2D eigenvalue weighted by atomic mass is 10.2. The highest BCUT2D eigenvalue weighted by atomic mass is 32.2. The zero-order chi connectivity index (χ0) is 14.8. The van der Waals surface area contributed by atoms with Gasteiger partial charge in [-0.3, -0.25) is 4.68 Å². The Balaban J connectivity index is 1.77. The lowest BCUT2D eigenvalue weighted by molar-refractivity contribution is 0.523. The standard InChI is InChI=1S/C13H24N4O2S/c1-4-17-9-12(11(3)16-17)8-14-10(2)7-15-20(18,19)13-5-6-13/h9-10,13-15H,4-8H2,1-3H3. The van der Waals surface area contributed by atoms with Gasteiger partial charge in [0.25, 0.3) is 0 Å². The van der Waals surface area contributed by atoms with E-state index in [4.69, 9.17) is 0 Å². The first kappa shape index (κ1) is 15.5. The van der Waals surface area contributed by atoms with Gasteiger partial charge in [0.15, 0.2) is 0 Å². The van der Waals surface area contributed by atoms with Crippen LogP contribution in [0.15, 0.2) is 6.20 Å². The molecule has 0 aliphatic heterocycles. The highest BCUT2D eigenvalue weighted by Gasteiger charge is 2.35. The van der Waals surface area contributed by atoms with E-state index in [-0.39, 0.29) is 11.3 Å². The third-order valence-electron chi connectivity index (χ3n) is 3.57. The molecule has 2 N–H and O–H groups in total. The van der Waals surface area contributed by atoms with Crippen LogP contribution < -0.4 is 10.0 Å². The summed E-state index contributed by atoms with van der Waals surface area (Å²) in [6.45, 7) is 8.02. The van der Waals surface area contributed by atoms with Gasteiger partial charge in [0.1, 0.15) is 0 Å². The first-order chi connectivity index (χ1) is 9.42. The first-order valence-electron chi connectivity index (χ1n) is 7.17. The fourth-order valence-electron chi connectivity index (χ4n) is 1.99. The molecular weight excluding hydrogens is 276 g/mol. The molecule has 20 heavy (non-hydrogen) atoms. The van der Waals surface area contributed by atoms with Crippen molar-refractivity contribution in [2.75, 3.05) is 6.54 Å². The Hall–Kier alpha value is -0.920. The van der Waals surface area contributed by atoms with Gasteiger partial charge in [-0.1, -0.05) is 0 Å². The van der Waals surface area contributed by atoms with Crippen LogP contribution in [0.25, 0.3) is 0 Å². The van der Waals surface area contributed by atoms with E-state index in [1.54, 1.807) is 0 Å². The molecule has 1 heterocycles. The van der Waals surface area contributed by atoms with Gasteiger partial charge in [-0.15, -0.1) is 0 Å². The summed E-state index contributed by atoms with van der Waals surface area (Å²) >= 11 is 0. The molecule has 1 unspecified atom stereocenters. The number of hydrogen-bond donors (Lipinski definition) is 2. The maximum Gasteiger partial charge on any atom is 0.214 e. The molecule has 0 saturated heterocycles. The van der Waals surface area contributed by atoms with Gasteiger partial charge in [0.2, 0.25) is 10.0 Å². The van der Waals surface area contributed by atoms with Crippen molar-refractivity contribution in [2.24, 2.45) is 0 Å². The van der Waals surface area contributed by atoms with Crippen LogP contribution in [0.2, 0.25) is 0 Å². The minimum absolute atomic E-state index is 0.0906. The Morgan fingerprint density at radius 2 is 2.20 bits per heavy atom. The summed E-state index contributed by atoms with van der Waals surface area (Å²) in [5.41, 5.74) is 2.17. The minimum Gasteiger partial charge on any atom is -0.309 e. The summed E-state index contributed by atoms with van der Waals surface area (Å²) < 4.78 is 28.0. The molecule has 7 heteroatoms. The van der Waals surface area contributed by atoms with Crippen LogP contribution in [0.4, 0.5) is 0 Å². The summed E-state index contributed by atoms with van der Waals surface area (Å²) in [6.07, 6.45) is 3.63. The van der Waals surface area contributed by atoms with Gasteiger partial charge in [0.05, 0.1) is 10.9 Å². The molecule has 1 saturated carbocycles. The lowest BCUT2D eigenvalue weighted by Gasteiger charge is -2.14. The second kappa shape index (κ2) is 6.24. The van der Waals surface area contributed by atoms with Crippen molar-refractivity contribution in [1.82, 2.24) is 19.8 Å². The minimum atomic E-state index is -3.08. The first-order valence-corrected chi connectivity index (χ1v) is 8.71. The fourth-order valence-corrected chi connectivity index (χ4v) is 3.46. The Kier molecular flexibility index (Phi) is 4.82. The summed E-state index contributed by atoms with van der Waals surface area (Å²) in [4.78, 5) is 0. The van der Waals surface area contributed by atoms with Crippen LogP contribution in [0.5, 0.6) is 0 Å². The summed E-state index contributed by atoms with van der Waals surface area (Å²) in [6, 6.07) is 0.0906. The Morgan fingerprint density at radius 1 is 1.50 bits per heavy atom. The third kappa shape index (κ3) is 4.04. The van der Waals surface area contributed by atoms with E-state index in [1.165, 1.54) is 0 Å². The molecule has 0 radical (unpaired) electrons. The number of aryl methyl sites for hydroxylation is 2. The second-order valence-electron chi connectivity index (χ2n) is 5.47. The molecule has 0 bridgehead atoms. The molecule has 1 aliphatic carbocycles. The lowest BCUT2D eigenvalue weighted by Crippen LogP contribution is -2.39. The molecule has 1 aromatic rings. The van der Waals surface area contributed by atoms with Crippen molar-refractivity contribution in [2.45, 2.75) is 58.0 Å². The molecule has 6 nitrogen and oxygen atoms in total.